The summed E-state index contributed by atoms with van der Waals surface area (Å²) in [6.07, 6.45) is 7.50. The van der Waals surface area contributed by atoms with E-state index in [9.17, 15) is 4.79 Å². The molecular formula is C16H22N4O. The standard InChI is InChI=1S/C16H22N4O/c1-13-5-6-14(15(11-13)17-2)16(21)19-7-3-4-9-20-10-8-18-12-20/h5-6,8,10-12,17H,3-4,7,9H2,1-2H3,(H,19,21). The number of aryl methyl sites for hydroxylation is 2. The van der Waals surface area contributed by atoms with Crippen molar-refractivity contribution in [3.8, 4) is 0 Å². The zero-order valence-corrected chi connectivity index (χ0v) is 12.6. The van der Waals surface area contributed by atoms with Crippen LogP contribution in [0.25, 0.3) is 0 Å². The number of rotatable bonds is 7. The number of hydrogen-bond donors (Lipinski definition) is 2. The highest BCUT2D eigenvalue weighted by Crippen LogP contribution is 2.16. The lowest BCUT2D eigenvalue weighted by Gasteiger charge is -2.10. The lowest BCUT2D eigenvalue weighted by Crippen LogP contribution is -2.25. The van der Waals surface area contributed by atoms with E-state index < -0.39 is 0 Å². The Morgan fingerprint density at radius 3 is 2.90 bits per heavy atom. The van der Waals surface area contributed by atoms with Crippen LogP contribution in [0.1, 0.15) is 28.8 Å². The SMILES string of the molecule is CNc1cc(C)ccc1C(=O)NCCCCn1ccnc1. The minimum Gasteiger partial charge on any atom is -0.387 e. The predicted octanol–water partition coefficient (Wildman–Crippen LogP) is 2.44. The highest BCUT2D eigenvalue weighted by atomic mass is 16.1. The van der Waals surface area contributed by atoms with Gasteiger partial charge in [0, 0.05) is 38.2 Å². The Kier molecular flexibility index (Phi) is 5.37. The second-order valence-electron chi connectivity index (χ2n) is 5.06. The molecule has 0 aliphatic carbocycles. The van der Waals surface area contributed by atoms with E-state index in [-0.39, 0.29) is 5.91 Å². The number of carbonyl (C=O) groups is 1. The highest BCUT2D eigenvalue weighted by molar-refractivity contribution is 5.99. The Morgan fingerprint density at radius 1 is 1.33 bits per heavy atom. The molecule has 0 fully saturated rings. The molecule has 2 N–H and O–H groups in total. The van der Waals surface area contributed by atoms with Gasteiger partial charge in [-0.3, -0.25) is 4.79 Å². The fourth-order valence-corrected chi connectivity index (χ4v) is 2.20. The first kappa shape index (κ1) is 15.1. The van der Waals surface area contributed by atoms with Crippen LogP contribution in [-0.4, -0.2) is 29.1 Å². The number of imidazole rings is 1. The topological polar surface area (TPSA) is 59.0 Å². The van der Waals surface area contributed by atoms with Gasteiger partial charge in [0.1, 0.15) is 0 Å². The van der Waals surface area contributed by atoms with Crippen molar-refractivity contribution in [2.45, 2.75) is 26.3 Å². The van der Waals surface area contributed by atoms with Crippen molar-refractivity contribution in [3.05, 3.63) is 48.0 Å². The average molecular weight is 286 g/mol. The molecule has 5 heteroatoms. The molecule has 0 aliphatic rings. The van der Waals surface area contributed by atoms with Gasteiger partial charge in [-0.15, -0.1) is 0 Å². The van der Waals surface area contributed by atoms with Gasteiger partial charge >= 0.3 is 0 Å². The summed E-state index contributed by atoms with van der Waals surface area (Å²) >= 11 is 0. The smallest absolute Gasteiger partial charge is 0.253 e. The van der Waals surface area contributed by atoms with Gasteiger partial charge in [0.2, 0.25) is 0 Å². The molecule has 5 nitrogen and oxygen atoms in total. The molecular weight excluding hydrogens is 264 g/mol. The number of nitrogens with one attached hydrogen (secondary N) is 2. The molecule has 2 aromatic rings. The molecule has 0 spiro atoms. The van der Waals surface area contributed by atoms with Crippen LogP contribution in [0.15, 0.2) is 36.9 Å². The molecule has 0 aliphatic heterocycles. The molecule has 0 bridgehead atoms. The third-order valence-electron chi connectivity index (χ3n) is 3.38. The van der Waals surface area contributed by atoms with E-state index in [1.807, 2.05) is 49.3 Å². The van der Waals surface area contributed by atoms with Crippen molar-refractivity contribution >= 4 is 11.6 Å². The van der Waals surface area contributed by atoms with Crippen LogP contribution >= 0.6 is 0 Å². The number of carbonyl (C=O) groups excluding carboxylic acids is 1. The van der Waals surface area contributed by atoms with E-state index >= 15 is 0 Å². The monoisotopic (exact) mass is 286 g/mol. The molecule has 1 aromatic heterocycles. The van der Waals surface area contributed by atoms with E-state index in [4.69, 9.17) is 0 Å². The van der Waals surface area contributed by atoms with E-state index in [2.05, 4.69) is 15.6 Å². The lowest BCUT2D eigenvalue weighted by atomic mass is 10.1. The van der Waals surface area contributed by atoms with E-state index in [1.165, 1.54) is 0 Å². The number of anilines is 1. The first-order chi connectivity index (χ1) is 10.2. The van der Waals surface area contributed by atoms with Gasteiger partial charge in [-0.05, 0) is 37.5 Å². The van der Waals surface area contributed by atoms with E-state index in [0.29, 0.717) is 12.1 Å². The normalized spacial score (nSPS) is 10.4. The van der Waals surface area contributed by atoms with Crippen molar-refractivity contribution < 1.29 is 4.79 Å². The maximum atomic E-state index is 12.2. The van der Waals surface area contributed by atoms with Crippen LogP contribution in [0.5, 0.6) is 0 Å². The Morgan fingerprint density at radius 2 is 2.19 bits per heavy atom. The van der Waals surface area contributed by atoms with Crippen LogP contribution in [0.4, 0.5) is 5.69 Å². The molecule has 0 saturated carbocycles. The number of amides is 1. The molecule has 2 rings (SSSR count). The molecule has 112 valence electrons. The maximum absolute atomic E-state index is 12.2. The number of unbranched alkanes of at least 4 members (excludes halogenated alkanes) is 1. The molecule has 0 unspecified atom stereocenters. The third-order valence-corrected chi connectivity index (χ3v) is 3.38. The molecule has 1 aromatic carbocycles. The second kappa shape index (κ2) is 7.47. The van der Waals surface area contributed by atoms with Gasteiger partial charge in [-0.2, -0.15) is 0 Å². The first-order valence-electron chi connectivity index (χ1n) is 7.23. The summed E-state index contributed by atoms with van der Waals surface area (Å²) in [4.78, 5) is 16.2. The predicted molar refractivity (Wildman–Crippen MR) is 84.5 cm³/mol. The number of aromatic nitrogens is 2. The molecule has 1 amide bonds. The third kappa shape index (κ3) is 4.34. The largest absolute Gasteiger partial charge is 0.387 e. The second-order valence-corrected chi connectivity index (χ2v) is 5.06. The molecule has 0 saturated heterocycles. The summed E-state index contributed by atoms with van der Waals surface area (Å²) in [6.45, 7) is 3.63. The van der Waals surface area contributed by atoms with Gasteiger partial charge in [0.15, 0.2) is 0 Å². The Balaban J connectivity index is 1.76. The summed E-state index contributed by atoms with van der Waals surface area (Å²) < 4.78 is 2.04. The van der Waals surface area contributed by atoms with Crippen LogP contribution < -0.4 is 10.6 Å². The minimum atomic E-state index is -0.0259. The van der Waals surface area contributed by atoms with Crippen LogP contribution in [0.3, 0.4) is 0 Å². The zero-order valence-electron chi connectivity index (χ0n) is 12.6. The Bertz CT molecular complexity index is 578. The van der Waals surface area contributed by atoms with Crippen LogP contribution in [0.2, 0.25) is 0 Å². The summed E-state index contributed by atoms with van der Waals surface area (Å²) in [6, 6.07) is 5.80. The van der Waals surface area contributed by atoms with Gasteiger partial charge < -0.3 is 15.2 Å². The fraction of sp³-hybridized carbons (Fsp3) is 0.375. The van der Waals surface area contributed by atoms with Crippen molar-refractivity contribution in [1.82, 2.24) is 14.9 Å². The van der Waals surface area contributed by atoms with Gasteiger partial charge in [0.25, 0.3) is 5.91 Å². The molecule has 0 radical (unpaired) electrons. The first-order valence-corrected chi connectivity index (χ1v) is 7.23. The molecule has 21 heavy (non-hydrogen) atoms. The number of benzene rings is 1. The molecule has 0 atom stereocenters. The zero-order chi connectivity index (χ0) is 15.1. The number of hydrogen-bond acceptors (Lipinski definition) is 3. The van der Waals surface area contributed by atoms with Crippen molar-refractivity contribution in [2.75, 3.05) is 18.9 Å². The maximum Gasteiger partial charge on any atom is 0.253 e. The van der Waals surface area contributed by atoms with Gasteiger partial charge in [0.05, 0.1) is 11.9 Å². The summed E-state index contributed by atoms with van der Waals surface area (Å²) in [5.41, 5.74) is 2.69. The van der Waals surface area contributed by atoms with Crippen LogP contribution in [0, 0.1) is 6.92 Å². The Labute approximate surface area is 125 Å². The van der Waals surface area contributed by atoms with E-state index in [1.54, 1.807) is 6.20 Å². The summed E-state index contributed by atoms with van der Waals surface area (Å²) in [7, 11) is 1.83. The van der Waals surface area contributed by atoms with Gasteiger partial charge in [-0.25, -0.2) is 4.98 Å². The highest BCUT2D eigenvalue weighted by Gasteiger charge is 2.09. The van der Waals surface area contributed by atoms with Crippen LogP contribution in [-0.2, 0) is 6.54 Å². The summed E-state index contributed by atoms with van der Waals surface area (Å²) in [5, 5.41) is 6.04. The Hall–Kier alpha value is -2.30. The quantitative estimate of drug-likeness (QED) is 0.769. The fourth-order valence-electron chi connectivity index (χ4n) is 2.20. The average Bonchev–Trinajstić information content (AvgIpc) is 2.99. The minimum absolute atomic E-state index is 0.0259. The van der Waals surface area contributed by atoms with Crippen molar-refractivity contribution in [1.29, 1.82) is 0 Å². The number of nitrogens with zero attached hydrogens (tertiary/aromatic N) is 2. The molecule has 1 heterocycles. The summed E-state index contributed by atoms with van der Waals surface area (Å²) in [5.74, 6) is -0.0259. The lowest BCUT2D eigenvalue weighted by molar-refractivity contribution is 0.0953. The van der Waals surface area contributed by atoms with Gasteiger partial charge in [-0.1, -0.05) is 6.07 Å². The van der Waals surface area contributed by atoms with E-state index in [0.717, 1.165) is 30.6 Å². The van der Waals surface area contributed by atoms with Crippen molar-refractivity contribution in [2.24, 2.45) is 0 Å². The van der Waals surface area contributed by atoms with Crippen molar-refractivity contribution in [3.63, 3.8) is 0 Å².